The highest BCUT2D eigenvalue weighted by Crippen LogP contribution is 2.27. The minimum absolute atomic E-state index is 0.194. The molecular weight excluding hydrogens is 371 g/mol. The number of nitriles is 1. The Kier molecular flexibility index (Phi) is 5.00. The predicted octanol–water partition coefficient (Wildman–Crippen LogP) is 3.22. The first-order valence-electron chi connectivity index (χ1n) is 9.28. The molecule has 0 saturated carbocycles. The number of carbonyl (C=O) groups excluding carboxylic acids is 1. The highest BCUT2D eigenvalue weighted by Gasteiger charge is 2.25. The summed E-state index contributed by atoms with van der Waals surface area (Å²) in [5, 5.41) is 10.4. The summed E-state index contributed by atoms with van der Waals surface area (Å²) < 4.78 is 18.7. The Morgan fingerprint density at radius 1 is 1.14 bits per heavy atom. The first-order chi connectivity index (χ1) is 14.1. The Bertz CT molecular complexity index is 1120. The average Bonchev–Trinajstić information content (AvgIpc) is 2.77. The summed E-state index contributed by atoms with van der Waals surface area (Å²) in [5.74, 6) is 0.682. The Hall–Kier alpha value is -3.66. The molecule has 1 aliphatic heterocycles. The van der Waals surface area contributed by atoms with Crippen LogP contribution < -0.4 is 9.64 Å². The Morgan fingerprint density at radius 3 is 2.62 bits per heavy atom. The van der Waals surface area contributed by atoms with Gasteiger partial charge in [-0.15, -0.1) is 0 Å². The Morgan fingerprint density at radius 2 is 1.93 bits per heavy atom. The van der Waals surface area contributed by atoms with Crippen molar-refractivity contribution in [3.8, 4) is 11.8 Å². The number of amides is 1. The van der Waals surface area contributed by atoms with Crippen molar-refractivity contribution >= 4 is 22.6 Å². The molecule has 0 radical (unpaired) electrons. The van der Waals surface area contributed by atoms with Gasteiger partial charge in [0.15, 0.2) is 0 Å². The Labute approximate surface area is 167 Å². The lowest BCUT2D eigenvalue weighted by atomic mass is 10.1. The van der Waals surface area contributed by atoms with Crippen LogP contribution in [0.1, 0.15) is 15.9 Å². The largest absolute Gasteiger partial charge is 0.497 e. The predicted molar refractivity (Wildman–Crippen MR) is 108 cm³/mol. The van der Waals surface area contributed by atoms with Gasteiger partial charge in [0.05, 0.1) is 18.2 Å². The number of hydrogen-bond donors (Lipinski definition) is 0. The fourth-order valence-corrected chi connectivity index (χ4v) is 3.51. The summed E-state index contributed by atoms with van der Waals surface area (Å²) in [4.78, 5) is 21.0. The van der Waals surface area contributed by atoms with Crippen LogP contribution in [0.2, 0.25) is 0 Å². The lowest BCUT2D eigenvalue weighted by Gasteiger charge is -2.35. The maximum Gasteiger partial charge on any atom is 0.254 e. The van der Waals surface area contributed by atoms with E-state index in [-0.39, 0.29) is 5.91 Å². The molecule has 0 bridgehead atoms. The van der Waals surface area contributed by atoms with Gasteiger partial charge in [0, 0.05) is 43.2 Å². The zero-order valence-corrected chi connectivity index (χ0v) is 15.9. The number of methoxy groups -OCH3 is 1. The van der Waals surface area contributed by atoms with Gasteiger partial charge in [-0.05, 0) is 36.4 Å². The number of hydrogen-bond acceptors (Lipinski definition) is 5. The summed E-state index contributed by atoms with van der Waals surface area (Å²) in [6.07, 6.45) is 0. The van der Waals surface area contributed by atoms with Crippen LogP contribution in [0.25, 0.3) is 10.9 Å². The highest BCUT2D eigenvalue weighted by atomic mass is 19.1. The van der Waals surface area contributed by atoms with Gasteiger partial charge in [0.1, 0.15) is 23.5 Å². The summed E-state index contributed by atoms with van der Waals surface area (Å²) in [6.45, 7) is 2.02. The fourth-order valence-electron chi connectivity index (χ4n) is 3.51. The molecule has 1 fully saturated rings. The molecule has 0 aliphatic carbocycles. The first kappa shape index (κ1) is 18.7. The molecule has 1 aliphatic rings. The van der Waals surface area contributed by atoms with Crippen LogP contribution in [-0.2, 0) is 0 Å². The topological polar surface area (TPSA) is 69.5 Å². The zero-order chi connectivity index (χ0) is 20.4. The second-order valence-electron chi connectivity index (χ2n) is 6.82. The number of nitrogens with zero attached hydrogens (tertiary/aromatic N) is 4. The molecule has 146 valence electrons. The number of carbonyl (C=O) groups is 1. The van der Waals surface area contributed by atoms with E-state index in [2.05, 4.69) is 11.1 Å². The summed E-state index contributed by atoms with van der Waals surface area (Å²) >= 11 is 0. The maximum atomic E-state index is 13.4. The quantitative estimate of drug-likeness (QED) is 0.687. The van der Waals surface area contributed by atoms with Crippen molar-refractivity contribution < 1.29 is 13.9 Å². The fraction of sp³-hybridized carbons (Fsp3) is 0.227. The van der Waals surface area contributed by atoms with E-state index in [1.165, 1.54) is 18.2 Å². The van der Waals surface area contributed by atoms with Gasteiger partial charge in [-0.1, -0.05) is 6.07 Å². The third-order valence-electron chi connectivity index (χ3n) is 5.06. The van der Waals surface area contributed by atoms with Crippen LogP contribution in [0.3, 0.4) is 0 Å². The monoisotopic (exact) mass is 390 g/mol. The second-order valence-corrected chi connectivity index (χ2v) is 6.82. The molecule has 6 nitrogen and oxygen atoms in total. The zero-order valence-electron chi connectivity index (χ0n) is 15.9. The van der Waals surface area contributed by atoms with Gasteiger partial charge >= 0.3 is 0 Å². The van der Waals surface area contributed by atoms with Gasteiger partial charge in [-0.25, -0.2) is 9.37 Å². The van der Waals surface area contributed by atoms with E-state index >= 15 is 0 Å². The van der Waals surface area contributed by atoms with E-state index in [1.807, 2.05) is 29.2 Å². The van der Waals surface area contributed by atoms with Crippen LogP contribution in [0, 0.1) is 17.1 Å². The number of halogens is 1. The van der Waals surface area contributed by atoms with E-state index in [0.717, 1.165) is 10.9 Å². The molecule has 29 heavy (non-hydrogen) atoms. The molecule has 0 N–H and O–H groups in total. The molecule has 4 rings (SSSR count). The van der Waals surface area contributed by atoms with Crippen LogP contribution in [-0.4, -0.2) is 49.1 Å². The van der Waals surface area contributed by atoms with Crippen molar-refractivity contribution in [1.82, 2.24) is 9.88 Å². The van der Waals surface area contributed by atoms with Gasteiger partial charge in [0.25, 0.3) is 5.91 Å². The summed E-state index contributed by atoms with van der Waals surface area (Å²) in [5.41, 5.74) is 1.58. The van der Waals surface area contributed by atoms with Crippen LogP contribution >= 0.6 is 0 Å². The SMILES string of the molecule is COc1ccc2cc(C#N)c(N3CCN(C(=O)c4cccc(F)c4)CC3)nc2c1. The third-order valence-corrected chi connectivity index (χ3v) is 5.06. The number of anilines is 1. The van der Waals surface area contributed by atoms with E-state index in [4.69, 9.17) is 4.74 Å². The molecule has 2 heterocycles. The van der Waals surface area contributed by atoms with Crippen LogP contribution in [0.5, 0.6) is 5.75 Å². The standard InChI is InChI=1S/C22H19FN4O2/c1-29-19-6-5-15-11-17(14-24)21(25-20(15)13-19)26-7-9-27(10-8-26)22(28)16-3-2-4-18(23)12-16/h2-6,11-13H,7-10H2,1H3. The van der Waals surface area contributed by atoms with Crippen molar-refractivity contribution in [3.05, 3.63) is 65.5 Å². The third kappa shape index (κ3) is 3.69. The molecule has 0 unspecified atom stereocenters. The molecule has 1 saturated heterocycles. The molecule has 7 heteroatoms. The van der Waals surface area contributed by atoms with E-state index in [1.54, 1.807) is 18.1 Å². The molecule has 3 aromatic rings. The van der Waals surface area contributed by atoms with E-state index < -0.39 is 5.82 Å². The normalized spacial score (nSPS) is 14.0. The van der Waals surface area contributed by atoms with Gasteiger partial charge in [-0.3, -0.25) is 4.79 Å². The lowest BCUT2D eigenvalue weighted by Crippen LogP contribution is -2.49. The number of ether oxygens (including phenoxy) is 1. The number of pyridine rings is 1. The minimum atomic E-state index is -0.427. The lowest BCUT2D eigenvalue weighted by molar-refractivity contribution is 0.0746. The number of aromatic nitrogens is 1. The number of rotatable bonds is 3. The molecule has 1 amide bonds. The van der Waals surface area contributed by atoms with Crippen molar-refractivity contribution in [3.63, 3.8) is 0 Å². The van der Waals surface area contributed by atoms with E-state index in [9.17, 15) is 14.4 Å². The van der Waals surface area contributed by atoms with Crippen molar-refractivity contribution in [2.24, 2.45) is 0 Å². The number of benzene rings is 2. The maximum absolute atomic E-state index is 13.4. The minimum Gasteiger partial charge on any atom is -0.497 e. The smallest absolute Gasteiger partial charge is 0.254 e. The molecular formula is C22H19FN4O2. The number of fused-ring (bicyclic) bond motifs is 1. The van der Waals surface area contributed by atoms with Crippen molar-refractivity contribution in [2.45, 2.75) is 0 Å². The number of piperazine rings is 1. The molecule has 1 aromatic heterocycles. The van der Waals surface area contributed by atoms with Crippen molar-refractivity contribution in [2.75, 3.05) is 38.2 Å². The van der Waals surface area contributed by atoms with Gasteiger partial charge < -0.3 is 14.5 Å². The van der Waals surface area contributed by atoms with E-state index in [0.29, 0.717) is 48.9 Å². The molecule has 2 aromatic carbocycles. The first-order valence-corrected chi connectivity index (χ1v) is 9.28. The molecule has 0 atom stereocenters. The highest BCUT2D eigenvalue weighted by molar-refractivity contribution is 5.94. The van der Waals surface area contributed by atoms with Crippen LogP contribution in [0.15, 0.2) is 48.5 Å². The summed E-state index contributed by atoms with van der Waals surface area (Å²) in [6, 6.07) is 15.3. The Balaban J connectivity index is 1.55. The van der Waals surface area contributed by atoms with Crippen molar-refractivity contribution in [1.29, 1.82) is 5.26 Å². The van der Waals surface area contributed by atoms with Gasteiger partial charge in [0.2, 0.25) is 0 Å². The summed E-state index contributed by atoms with van der Waals surface area (Å²) in [7, 11) is 1.60. The molecule has 0 spiro atoms. The average molecular weight is 390 g/mol. The second kappa shape index (κ2) is 7.76. The van der Waals surface area contributed by atoms with Crippen LogP contribution in [0.4, 0.5) is 10.2 Å². The van der Waals surface area contributed by atoms with Gasteiger partial charge in [-0.2, -0.15) is 5.26 Å².